The summed E-state index contributed by atoms with van der Waals surface area (Å²) in [5.41, 5.74) is 9.63. The van der Waals surface area contributed by atoms with E-state index in [2.05, 4.69) is 10.4 Å². The van der Waals surface area contributed by atoms with Crippen molar-refractivity contribution in [2.45, 2.75) is 12.8 Å². The summed E-state index contributed by atoms with van der Waals surface area (Å²) in [6.45, 7) is 0.721. The number of amides is 1. The number of nitrogens with one attached hydrogen (secondary N) is 1. The standard InChI is InChI=1S/C26H24Cl2FN5O2/c27-17-11-12-19-22(16-17)31-23(34(26(19)36)32-18-6-2-1-3-7-18)10-5-14-33(15-13-30)25(35)20-8-4-9-21(28)24(20)29/h1-4,6-9,11-12,16,32H,5,10,13-15,30H2. The fourth-order valence-electron chi connectivity index (χ4n) is 3.87. The van der Waals surface area contributed by atoms with Crippen molar-refractivity contribution in [3.05, 3.63) is 104 Å². The van der Waals surface area contributed by atoms with Gasteiger partial charge in [-0.2, -0.15) is 0 Å². The van der Waals surface area contributed by atoms with Gasteiger partial charge in [0.25, 0.3) is 11.5 Å². The van der Waals surface area contributed by atoms with Crippen LogP contribution in [-0.2, 0) is 6.42 Å². The summed E-state index contributed by atoms with van der Waals surface area (Å²) in [4.78, 5) is 32.5. The molecule has 3 aromatic carbocycles. The minimum absolute atomic E-state index is 0.114. The largest absolute Gasteiger partial charge is 0.337 e. The molecule has 3 N–H and O–H groups in total. The van der Waals surface area contributed by atoms with Crippen LogP contribution in [0.1, 0.15) is 22.6 Å². The van der Waals surface area contributed by atoms with E-state index in [1.54, 1.807) is 18.2 Å². The average Bonchev–Trinajstić information content (AvgIpc) is 2.87. The molecular formula is C26H24Cl2FN5O2. The van der Waals surface area contributed by atoms with Crippen LogP contribution in [0.4, 0.5) is 10.1 Å². The van der Waals surface area contributed by atoms with Gasteiger partial charge in [-0.25, -0.2) is 14.1 Å². The predicted molar refractivity (Wildman–Crippen MR) is 141 cm³/mol. The van der Waals surface area contributed by atoms with Crippen LogP contribution in [0.3, 0.4) is 0 Å². The van der Waals surface area contributed by atoms with Crippen molar-refractivity contribution in [3.8, 4) is 0 Å². The number of nitrogens with two attached hydrogens (primary N) is 1. The lowest BCUT2D eigenvalue weighted by molar-refractivity contribution is 0.0753. The summed E-state index contributed by atoms with van der Waals surface area (Å²) in [7, 11) is 0. The number of halogens is 3. The van der Waals surface area contributed by atoms with E-state index in [1.807, 2.05) is 30.3 Å². The molecule has 0 aliphatic heterocycles. The second-order valence-corrected chi connectivity index (χ2v) is 8.94. The molecule has 0 aliphatic rings. The highest BCUT2D eigenvalue weighted by molar-refractivity contribution is 6.31. The molecule has 0 aliphatic carbocycles. The third-order valence-corrected chi connectivity index (χ3v) is 6.14. The third-order valence-electron chi connectivity index (χ3n) is 5.61. The maximum absolute atomic E-state index is 14.4. The quantitative estimate of drug-likeness (QED) is 0.327. The molecule has 4 rings (SSSR count). The number of hydrogen-bond donors (Lipinski definition) is 2. The highest BCUT2D eigenvalue weighted by Crippen LogP contribution is 2.20. The minimum atomic E-state index is -0.764. The third kappa shape index (κ3) is 5.67. The smallest absolute Gasteiger partial charge is 0.280 e. The number of para-hydroxylation sites is 1. The first-order valence-electron chi connectivity index (χ1n) is 11.4. The molecular weight excluding hydrogens is 504 g/mol. The van der Waals surface area contributed by atoms with E-state index in [4.69, 9.17) is 28.9 Å². The summed E-state index contributed by atoms with van der Waals surface area (Å²) in [5.74, 6) is -0.800. The van der Waals surface area contributed by atoms with Crippen LogP contribution in [-0.4, -0.2) is 40.1 Å². The molecule has 186 valence electrons. The zero-order valence-corrected chi connectivity index (χ0v) is 20.8. The van der Waals surface area contributed by atoms with E-state index in [1.165, 1.54) is 27.8 Å². The molecule has 1 aromatic heterocycles. The summed E-state index contributed by atoms with van der Waals surface area (Å²) in [6, 6.07) is 18.5. The van der Waals surface area contributed by atoms with Crippen molar-refractivity contribution in [2.24, 2.45) is 5.73 Å². The zero-order valence-electron chi connectivity index (χ0n) is 19.3. The Labute approximate surface area is 217 Å². The van der Waals surface area contributed by atoms with Crippen molar-refractivity contribution in [1.82, 2.24) is 14.6 Å². The van der Waals surface area contributed by atoms with Crippen LogP contribution in [0.5, 0.6) is 0 Å². The topological polar surface area (TPSA) is 93.2 Å². The lowest BCUT2D eigenvalue weighted by atomic mass is 10.1. The van der Waals surface area contributed by atoms with E-state index < -0.39 is 11.7 Å². The van der Waals surface area contributed by atoms with Gasteiger partial charge in [0, 0.05) is 31.1 Å². The molecule has 0 fully saturated rings. The molecule has 7 nitrogen and oxygen atoms in total. The van der Waals surface area contributed by atoms with Gasteiger partial charge in [-0.3, -0.25) is 15.0 Å². The lowest BCUT2D eigenvalue weighted by Crippen LogP contribution is -2.37. The Morgan fingerprint density at radius 3 is 2.58 bits per heavy atom. The normalized spacial score (nSPS) is 11.0. The van der Waals surface area contributed by atoms with E-state index in [0.717, 1.165) is 0 Å². The number of carbonyl (C=O) groups is 1. The number of fused-ring (bicyclic) bond motifs is 1. The van der Waals surface area contributed by atoms with E-state index in [9.17, 15) is 14.0 Å². The van der Waals surface area contributed by atoms with Gasteiger partial charge < -0.3 is 10.6 Å². The number of nitrogens with zero attached hydrogens (tertiary/aromatic N) is 3. The molecule has 0 unspecified atom stereocenters. The zero-order chi connectivity index (χ0) is 25.7. The fourth-order valence-corrected chi connectivity index (χ4v) is 4.21. The second kappa shape index (κ2) is 11.5. The number of aryl methyl sites for hydroxylation is 1. The molecule has 0 radical (unpaired) electrons. The van der Waals surface area contributed by atoms with E-state index in [0.29, 0.717) is 40.3 Å². The molecule has 36 heavy (non-hydrogen) atoms. The van der Waals surface area contributed by atoms with E-state index in [-0.39, 0.29) is 35.8 Å². The number of hydrogen-bond acceptors (Lipinski definition) is 5. The maximum atomic E-state index is 14.4. The van der Waals surface area contributed by atoms with Gasteiger partial charge >= 0.3 is 0 Å². The van der Waals surface area contributed by atoms with Crippen LogP contribution >= 0.6 is 23.2 Å². The molecule has 4 aromatic rings. The molecule has 1 heterocycles. The summed E-state index contributed by atoms with van der Waals surface area (Å²) < 4.78 is 15.8. The number of rotatable bonds is 9. The monoisotopic (exact) mass is 527 g/mol. The predicted octanol–water partition coefficient (Wildman–Crippen LogP) is 4.75. The van der Waals surface area contributed by atoms with Gasteiger partial charge in [-0.1, -0.05) is 47.5 Å². The van der Waals surface area contributed by atoms with Crippen molar-refractivity contribution in [2.75, 3.05) is 25.1 Å². The molecule has 0 bridgehead atoms. The summed E-state index contributed by atoms with van der Waals surface area (Å²) in [5, 5.41) is 0.768. The first-order valence-corrected chi connectivity index (χ1v) is 12.1. The van der Waals surface area contributed by atoms with Crippen molar-refractivity contribution >= 4 is 45.7 Å². The highest BCUT2D eigenvalue weighted by Gasteiger charge is 2.21. The van der Waals surface area contributed by atoms with Crippen molar-refractivity contribution in [3.63, 3.8) is 0 Å². The van der Waals surface area contributed by atoms with Gasteiger partial charge in [-0.15, -0.1) is 0 Å². The van der Waals surface area contributed by atoms with Crippen LogP contribution in [0, 0.1) is 5.82 Å². The van der Waals surface area contributed by atoms with Gasteiger partial charge in [0.2, 0.25) is 0 Å². The highest BCUT2D eigenvalue weighted by atomic mass is 35.5. The first kappa shape index (κ1) is 25.6. The van der Waals surface area contributed by atoms with Crippen LogP contribution in [0.15, 0.2) is 71.5 Å². The van der Waals surface area contributed by atoms with Crippen molar-refractivity contribution < 1.29 is 9.18 Å². The molecule has 10 heteroatoms. The van der Waals surface area contributed by atoms with E-state index >= 15 is 0 Å². The Morgan fingerprint density at radius 1 is 1.06 bits per heavy atom. The molecule has 0 spiro atoms. The SMILES string of the molecule is NCCN(CCCc1nc2cc(Cl)ccc2c(=O)n1Nc1ccccc1)C(=O)c1cccc(Cl)c1F. The van der Waals surface area contributed by atoms with Gasteiger partial charge in [0.15, 0.2) is 5.82 Å². The average molecular weight is 528 g/mol. The number of anilines is 1. The number of carbonyl (C=O) groups excluding carboxylic acids is 1. The minimum Gasteiger partial charge on any atom is -0.337 e. The van der Waals surface area contributed by atoms with Crippen molar-refractivity contribution in [1.29, 1.82) is 0 Å². The van der Waals surface area contributed by atoms with Crippen LogP contribution in [0.2, 0.25) is 10.0 Å². The molecule has 0 atom stereocenters. The van der Waals surface area contributed by atoms with Gasteiger partial charge in [0.05, 0.1) is 27.2 Å². The Kier molecular flexibility index (Phi) is 8.20. The van der Waals surface area contributed by atoms with Gasteiger partial charge in [0.1, 0.15) is 5.82 Å². The summed E-state index contributed by atoms with van der Waals surface area (Å²) in [6.07, 6.45) is 0.798. The molecule has 0 saturated heterocycles. The first-order chi connectivity index (χ1) is 17.4. The number of aromatic nitrogens is 2. The number of benzene rings is 3. The Bertz CT molecular complexity index is 1450. The second-order valence-electron chi connectivity index (χ2n) is 8.09. The molecule has 1 amide bonds. The maximum Gasteiger partial charge on any atom is 0.280 e. The lowest BCUT2D eigenvalue weighted by Gasteiger charge is -2.23. The summed E-state index contributed by atoms with van der Waals surface area (Å²) >= 11 is 12.0. The Morgan fingerprint density at radius 2 is 1.83 bits per heavy atom. The Hall–Kier alpha value is -3.46. The van der Waals surface area contributed by atoms with Crippen LogP contribution < -0.4 is 16.7 Å². The molecule has 0 saturated carbocycles. The van der Waals surface area contributed by atoms with Crippen LogP contribution in [0.25, 0.3) is 10.9 Å². The Balaban J connectivity index is 1.61. The fraction of sp³-hybridized carbons (Fsp3) is 0.192. The van der Waals surface area contributed by atoms with Gasteiger partial charge in [-0.05, 0) is 48.9 Å².